The van der Waals surface area contributed by atoms with Crippen molar-refractivity contribution in [2.45, 2.75) is 58.7 Å². The third-order valence-corrected chi connectivity index (χ3v) is 5.31. The highest BCUT2D eigenvalue weighted by Gasteiger charge is 2.25. The van der Waals surface area contributed by atoms with Gasteiger partial charge >= 0.3 is 0 Å². The standard InChI is InChI=1S/C21H26N4O2/c1-14-3-4-15(2)19(11-14)21(27)24-9-10-25-18(13-24)12-17(23-25)7-8-20(26)22-16-5-6-16/h3-4,11-12,16H,5-10,13H2,1-2H3,(H,22,26). The molecule has 6 nitrogen and oxygen atoms in total. The maximum Gasteiger partial charge on any atom is 0.254 e. The molecular formula is C21H26N4O2. The van der Waals surface area contributed by atoms with Crippen LogP contribution in [-0.4, -0.2) is 39.1 Å². The molecule has 6 heteroatoms. The molecule has 0 unspecified atom stereocenters. The van der Waals surface area contributed by atoms with E-state index in [0.29, 0.717) is 38.5 Å². The van der Waals surface area contributed by atoms with E-state index < -0.39 is 0 Å². The minimum Gasteiger partial charge on any atom is -0.353 e. The van der Waals surface area contributed by atoms with Crippen molar-refractivity contribution in [3.8, 4) is 0 Å². The van der Waals surface area contributed by atoms with Crippen molar-refractivity contribution in [3.05, 3.63) is 52.3 Å². The van der Waals surface area contributed by atoms with E-state index in [4.69, 9.17) is 0 Å². The van der Waals surface area contributed by atoms with Crippen molar-refractivity contribution in [1.82, 2.24) is 20.0 Å². The number of hydrogen-bond acceptors (Lipinski definition) is 3. The van der Waals surface area contributed by atoms with Crippen molar-refractivity contribution in [2.75, 3.05) is 6.54 Å². The van der Waals surface area contributed by atoms with E-state index in [0.717, 1.165) is 40.9 Å². The first-order valence-corrected chi connectivity index (χ1v) is 9.71. The fraction of sp³-hybridized carbons (Fsp3) is 0.476. The first kappa shape index (κ1) is 17.8. The van der Waals surface area contributed by atoms with Crippen molar-refractivity contribution in [3.63, 3.8) is 0 Å². The predicted molar refractivity (Wildman–Crippen MR) is 102 cm³/mol. The number of benzene rings is 1. The van der Waals surface area contributed by atoms with Gasteiger partial charge in [-0.3, -0.25) is 14.3 Å². The van der Waals surface area contributed by atoms with Gasteiger partial charge in [0.1, 0.15) is 0 Å². The number of nitrogens with one attached hydrogen (secondary N) is 1. The summed E-state index contributed by atoms with van der Waals surface area (Å²) in [6.07, 6.45) is 3.32. The van der Waals surface area contributed by atoms with E-state index in [1.165, 1.54) is 0 Å². The molecule has 0 atom stereocenters. The maximum atomic E-state index is 13.0. The summed E-state index contributed by atoms with van der Waals surface area (Å²) in [7, 11) is 0. The number of fused-ring (bicyclic) bond motifs is 1. The number of aryl methyl sites for hydroxylation is 3. The monoisotopic (exact) mass is 366 g/mol. The molecule has 1 aromatic carbocycles. The van der Waals surface area contributed by atoms with Crippen LogP contribution in [0.15, 0.2) is 24.3 Å². The number of carbonyl (C=O) groups excluding carboxylic acids is 2. The number of carbonyl (C=O) groups is 2. The van der Waals surface area contributed by atoms with Gasteiger partial charge in [0.2, 0.25) is 5.91 Å². The molecule has 1 N–H and O–H groups in total. The second kappa shape index (κ2) is 7.18. The Balaban J connectivity index is 1.40. The van der Waals surface area contributed by atoms with Gasteiger partial charge in [-0.15, -0.1) is 0 Å². The molecule has 2 amide bonds. The lowest BCUT2D eigenvalue weighted by molar-refractivity contribution is -0.121. The Morgan fingerprint density at radius 1 is 1.19 bits per heavy atom. The van der Waals surface area contributed by atoms with Crippen LogP contribution in [0.5, 0.6) is 0 Å². The number of nitrogens with zero attached hydrogens (tertiary/aromatic N) is 3. The van der Waals surface area contributed by atoms with Gasteiger partial charge in [0, 0.05) is 31.0 Å². The summed E-state index contributed by atoms with van der Waals surface area (Å²) in [5.74, 6) is 0.184. The molecular weight excluding hydrogens is 340 g/mol. The number of aromatic nitrogens is 2. The highest BCUT2D eigenvalue weighted by atomic mass is 16.2. The lowest BCUT2D eigenvalue weighted by Crippen LogP contribution is -2.38. The number of hydrogen-bond donors (Lipinski definition) is 1. The van der Waals surface area contributed by atoms with E-state index in [1.54, 1.807) is 0 Å². The van der Waals surface area contributed by atoms with Crippen LogP contribution in [0.3, 0.4) is 0 Å². The van der Waals surface area contributed by atoms with Gasteiger partial charge in [-0.05, 0) is 44.4 Å². The van der Waals surface area contributed by atoms with Gasteiger partial charge in [0.25, 0.3) is 5.91 Å². The minimum atomic E-state index is 0.0778. The zero-order valence-corrected chi connectivity index (χ0v) is 16.0. The van der Waals surface area contributed by atoms with E-state index in [2.05, 4.69) is 10.4 Å². The summed E-state index contributed by atoms with van der Waals surface area (Å²) in [6.45, 7) is 5.90. The Hall–Kier alpha value is -2.63. The molecule has 2 heterocycles. The zero-order chi connectivity index (χ0) is 19.0. The summed E-state index contributed by atoms with van der Waals surface area (Å²) in [5, 5.41) is 7.62. The summed E-state index contributed by atoms with van der Waals surface area (Å²) in [5.41, 5.74) is 4.85. The second-order valence-electron chi connectivity index (χ2n) is 7.74. The van der Waals surface area contributed by atoms with Crippen LogP contribution in [0, 0.1) is 13.8 Å². The van der Waals surface area contributed by atoms with Crippen molar-refractivity contribution < 1.29 is 9.59 Å². The molecule has 1 aromatic heterocycles. The fourth-order valence-electron chi connectivity index (χ4n) is 3.53. The first-order chi connectivity index (χ1) is 13.0. The molecule has 1 aliphatic carbocycles. The largest absolute Gasteiger partial charge is 0.353 e. The summed E-state index contributed by atoms with van der Waals surface area (Å²) in [4.78, 5) is 26.7. The smallest absolute Gasteiger partial charge is 0.254 e. The van der Waals surface area contributed by atoms with Crippen LogP contribution in [-0.2, 0) is 24.3 Å². The molecule has 0 saturated heterocycles. The van der Waals surface area contributed by atoms with Crippen molar-refractivity contribution >= 4 is 11.8 Å². The number of rotatable bonds is 5. The molecule has 2 aromatic rings. The van der Waals surface area contributed by atoms with Gasteiger partial charge in [0.05, 0.1) is 24.5 Å². The van der Waals surface area contributed by atoms with Gasteiger partial charge in [-0.25, -0.2) is 0 Å². The summed E-state index contributed by atoms with van der Waals surface area (Å²) in [6, 6.07) is 8.43. The second-order valence-corrected chi connectivity index (χ2v) is 7.74. The average Bonchev–Trinajstić information content (AvgIpc) is 3.36. The van der Waals surface area contributed by atoms with Gasteiger partial charge in [0.15, 0.2) is 0 Å². The molecule has 4 rings (SSSR count). The summed E-state index contributed by atoms with van der Waals surface area (Å²) < 4.78 is 1.97. The van der Waals surface area contributed by atoms with Crippen LogP contribution in [0.2, 0.25) is 0 Å². The quantitative estimate of drug-likeness (QED) is 0.883. The Kier molecular flexibility index (Phi) is 4.72. The molecule has 27 heavy (non-hydrogen) atoms. The summed E-state index contributed by atoms with van der Waals surface area (Å²) >= 11 is 0. The molecule has 142 valence electrons. The van der Waals surface area contributed by atoms with Crippen molar-refractivity contribution in [1.29, 1.82) is 0 Å². The van der Waals surface area contributed by atoms with E-state index >= 15 is 0 Å². The minimum absolute atomic E-state index is 0.0778. The molecule has 1 aliphatic heterocycles. The normalized spacial score (nSPS) is 16.1. The van der Waals surface area contributed by atoms with Crippen LogP contribution in [0.4, 0.5) is 0 Å². The van der Waals surface area contributed by atoms with Gasteiger partial charge in [-0.1, -0.05) is 17.7 Å². The lowest BCUT2D eigenvalue weighted by Gasteiger charge is -2.28. The fourth-order valence-corrected chi connectivity index (χ4v) is 3.53. The third kappa shape index (κ3) is 4.04. The molecule has 0 bridgehead atoms. The van der Waals surface area contributed by atoms with Crippen molar-refractivity contribution in [2.24, 2.45) is 0 Å². The number of amides is 2. The van der Waals surface area contributed by atoms with Crippen LogP contribution >= 0.6 is 0 Å². The van der Waals surface area contributed by atoms with E-state index in [9.17, 15) is 9.59 Å². The molecule has 1 fully saturated rings. The topological polar surface area (TPSA) is 67.2 Å². The Labute approximate surface area is 159 Å². The lowest BCUT2D eigenvalue weighted by atomic mass is 10.0. The zero-order valence-electron chi connectivity index (χ0n) is 16.0. The maximum absolute atomic E-state index is 13.0. The third-order valence-electron chi connectivity index (χ3n) is 5.31. The van der Waals surface area contributed by atoms with Gasteiger partial charge < -0.3 is 10.2 Å². The molecule has 2 aliphatic rings. The predicted octanol–water partition coefficient (Wildman–Crippen LogP) is 2.37. The SMILES string of the molecule is Cc1ccc(C)c(C(=O)N2CCn3nc(CCC(=O)NC4CC4)cc3C2)c1. The molecule has 0 spiro atoms. The van der Waals surface area contributed by atoms with Crippen LogP contribution in [0.1, 0.15) is 52.1 Å². The molecule has 0 radical (unpaired) electrons. The highest BCUT2D eigenvalue weighted by Crippen LogP contribution is 2.20. The Morgan fingerprint density at radius 3 is 2.78 bits per heavy atom. The Morgan fingerprint density at radius 2 is 2.00 bits per heavy atom. The molecule has 1 saturated carbocycles. The van der Waals surface area contributed by atoms with E-state index in [-0.39, 0.29) is 11.8 Å². The van der Waals surface area contributed by atoms with Crippen LogP contribution in [0.25, 0.3) is 0 Å². The Bertz CT molecular complexity index is 882. The first-order valence-electron chi connectivity index (χ1n) is 9.71. The average molecular weight is 366 g/mol. The van der Waals surface area contributed by atoms with E-state index in [1.807, 2.05) is 47.7 Å². The van der Waals surface area contributed by atoms with Gasteiger partial charge in [-0.2, -0.15) is 5.10 Å². The van der Waals surface area contributed by atoms with Crippen LogP contribution < -0.4 is 5.32 Å². The highest BCUT2D eigenvalue weighted by molar-refractivity contribution is 5.95.